The Labute approximate surface area is 163 Å². The van der Waals surface area contributed by atoms with Crippen molar-refractivity contribution >= 4 is 11.5 Å². The van der Waals surface area contributed by atoms with Crippen LogP contribution >= 0.6 is 0 Å². The zero-order valence-corrected chi connectivity index (χ0v) is 15.7. The fraction of sp³-hybridized carbons (Fsp3) is 0.450. The topological polar surface area (TPSA) is 90.8 Å². The number of nitrogen functional groups attached to an aromatic ring is 1. The summed E-state index contributed by atoms with van der Waals surface area (Å²) in [5, 5.41) is 0. The monoisotopic (exact) mass is 380 g/mol. The van der Waals surface area contributed by atoms with Gasteiger partial charge >= 0.3 is 0 Å². The van der Waals surface area contributed by atoms with Crippen LogP contribution in [0.3, 0.4) is 0 Å². The standard InChI is InChI=1S/C20H24N6O2/c21-19-8-17(23-13-24-19)18-9-22-20-7-16(3-6-26(18)20)28-10-14-1-4-25(5-2-14)15-11-27-12-15/h3,6-9,13-15H,1-2,4-5,10-12H2,(H2,21,23,24). The second-order valence-corrected chi connectivity index (χ2v) is 7.54. The smallest absolute Gasteiger partial charge is 0.140 e. The molecule has 0 atom stereocenters. The van der Waals surface area contributed by atoms with Crippen LogP contribution in [0.25, 0.3) is 17.0 Å². The molecule has 5 rings (SSSR count). The Kier molecular flexibility index (Phi) is 4.58. The predicted octanol–water partition coefficient (Wildman–Crippen LogP) is 1.86. The summed E-state index contributed by atoms with van der Waals surface area (Å²) in [6.45, 7) is 4.84. The molecule has 2 aliphatic heterocycles. The summed E-state index contributed by atoms with van der Waals surface area (Å²) in [5.41, 5.74) is 8.22. The Balaban J connectivity index is 1.22. The predicted molar refractivity (Wildman–Crippen MR) is 105 cm³/mol. The van der Waals surface area contributed by atoms with Gasteiger partial charge in [0.2, 0.25) is 0 Å². The van der Waals surface area contributed by atoms with Gasteiger partial charge in [0.15, 0.2) is 0 Å². The Bertz CT molecular complexity index is 962. The average Bonchev–Trinajstić information content (AvgIpc) is 3.09. The van der Waals surface area contributed by atoms with Crippen LogP contribution in [0.15, 0.2) is 36.9 Å². The minimum atomic E-state index is 0.441. The van der Waals surface area contributed by atoms with Gasteiger partial charge in [-0.15, -0.1) is 0 Å². The van der Waals surface area contributed by atoms with Crippen LogP contribution in [0.5, 0.6) is 5.75 Å². The summed E-state index contributed by atoms with van der Waals surface area (Å²) in [6.07, 6.45) is 7.58. The van der Waals surface area contributed by atoms with Crippen LogP contribution in [0.4, 0.5) is 5.82 Å². The first-order valence-corrected chi connectivity index (χ1v) is 9.76. The number of nitrogens with zero attached hydrogens (tertiary/aromatic N) is 5. The van der Waals surface area contributed by atoms with Crippen LogP contribution in [0.1, 0.15) is 12.8 Å². The Morgan fingerprint density at radius 2 is 2.00 bits per heavy atom. The zero-order chi connectivity index (χ0) is 18.9. The molecular formula is C20H24N6O2. The summed E-state index contributed by atoms with van der Waals surface area (Å²) >= 11 is 0. The van der Waals surface area contributed by atoms with Crippen molar-refractivity contribution in [2.75, 3.05) is 38.6 Å². The first-order chi connectivity index (χ1) is 13.8. The largest absolute Gasteiger partial charge is 0.493 e. The molecule has 2 N–H and O–H groups in total. The van der Waals surface area contributed by atoms with Crippen LogP contribution in [0.2, 0.25) is 0 Å². The van der Waals surface area contributed by atoms with Gasteiger partial charge < -0.3 is 15.2 Å². The number of fused-ring (bicyclic) bond motifs is 1. The molecule has 0 aliphatic carbocycles. The highest BCUT2D eigenvalue weighted by Crippen LogP contribution is 2.25. The normalized spacial score (nSPS) is 19.0. The second kappa shape index (κ2) is 7.37. The lowest BCUT2D eigenvalue weighted by atomic mass is 9.96. The number of pyridine rings is 1. The van der Waals surface area contributed by atoms with Crippen molar-refractivity contribution in [3.63, 3.8) is 0 Å². The van der Waals surface area contributed by atoms with Gasteiger partial charge in [-0.3, -0.25) is 9.30 Å². The quantitative estimate of drug-likeness (QED) is 0.722. The van der Waals surface area contributed by atoms with Crippen molar-refractivity contribution in [1.29, 1.82) is 0 Å². The van der Waals surface area contributed by atoms with E-state index >= 15 is 0 Å². The maximum absolute atomic E-state index is 6.08. The van der Waals surface area contributed by atoms with Crippen molar-refractivity contribution in [3.05, 3.63) is 36.9 Å². The highest BCUT2D eigenvalue weighted by Gasteiger charge is 2.29. The van der Waals surface area contributed by atoms with E-state index in [1.165, 1.54) is 19.2 Å². The third-order valence-corrected chi connectivity index (χ3v) is 5.71. The molecule has 146 valence electrons. The van der Waals surface area contributed by atoms with Gasteiger partial charge in [0, 0.05) is 18.3 Å². The number of aromatic nitrogens is 4. The van der Waals surface area contributed by atoms with Crippen molar-refractivity contribution in [2.45, 2.75) is 18.9 Å². The van der Waals surface area contributed by atoms with E-state index in [1.54, 1.807) is 12.3 Å². The minimum Gasteiger partial charge on any atom is -0.493 e. The summed E-state index contributed by atoms with van der Waals surface area (Å²) in [6, 6.07) is 6.33. The fourth-order valence-corrected chi connectivity index (χ4v) is 3.89. The summed E-state index contributed by atoms with van der Waals surface area (Å²) in [7, 11) is 0. The number of rotatable bonds is 5. The molecule has 8 heteroatoms. The molecule has 5 heterocycles. The van der Waals surface area contributed by atoms with Gasteiger partial charge in [0.25, 0.3) is 0 Å². The Morgan fingerprint density at radius 1 is 1.14 bits per heavy atom. The molecule has 0 saturated carbocycles. The van der Waals surface area contributed by atoms with Gasteiger partial charge in [0.1, 0.15) is 23.5 Å². The molecule has 3 aromatic rings. The van der Waals surface area contributed by atoms with E-state index in [-0.39, 0.29) is 0 Å². The van der Waals surface area contributed by atoms with Crippen LogP contribution in [-0.4, -0.2) is 63.2 Å². The van der Waals surface area contributed by atoms with Gasteiger partial charge in [-0.25, -0.2) is 15.0 Å². The van der Waals surface area contributed by atoms with Gasteiger partial charge in [0.05, 0.1) is 43.4 Å². The number of hydrogen-bond acceptors (Lipinski definition) is 7. The van der Waals surface area contributed by atoms with E-state index in [1.807, 2.05) is 22.7 Å². The minimum absolute atomic E-state index is 0.441. The molecule has 0 radical (unpaired) electrons. The molecule has 8 nitrogen and oxygen atoms in total. The average molecular weight is 380 g/mol. The second-order valence-electron chi connectivity index (χ2n) is 7.54. The molecule has 0 amide bonds. The van der Waals surface area contributed by atoms with Crippen LogP contribution < -0.4 is 10.5 Å². The molecular weight excluding hydrogens is 356 g/mol. The molecule has 28 heavy (non-hydrogen) atoms. The number of nitrogens with two attached hydrogens (primary N) is 1. The summed E-state index contributed by atoms with van der Waals surface area (Å²) in [4.78, 5) is 15.3. The summed E-state index contributed by atoms with van der Waals surface area (Å²) < 4.78 is 13.4. The number of ether oxygens (including phenoxy) is 2. The maximum atomic E-state index is 6.08. The van der Waals surface area contributed by atoms with Gasteiger partial charge in [-0.05, 0) is 37.9 Å². The van der Waals surface area contributed by atoms with Gasteiger partial charge in [-0.2, -0.15) is 0 Å². The Morgan fingerprint density at radius 3 is 2.75 bits per heavy atom. The van der Waals surface area contributed by atoms with Crippen molar-refractivity contribution in [1.82, 2.24) is 24.3 Å². The lowest BCUT2D eigenvalue weighted by Gasteiger charge is -2.41. The lowest BCUT2D eigenvalue weighted by molar-refractivity contribution is -0.0750. The maximum Gasteiger partial charge on any atom is 0.140 e. The number of likely N-dealkylation sites (tertiary alicyclic amines) is 1. The third-order valence-electron chi connectivity index (χ3n) is 5.71. The fourth-order valence-electron chi connectivity index (χ4n) is 3.89. The molecule has 0 spiro atoms. The van der Waals surface area contributed by atoms with Crippen molar-refractivity contribution in [2.24, 2.45) is 5.92 Å². The van der Waals surface area contributed by atoms with Crippen LogP contribution in [0, 0.1) is 5.92 Å². The third kappa shape index (κ3) is 3.41. The number of hydrogen-bond donors (Lipinski definition) is 1. The number of anilines is 1. The van der Waals surface area contributed by atoms with E-state index in [0.29, 0.717) is 17.8 Å². The molecule has 0 bridgehead atoms. The van der Waals surface area contributed by atoms with E-state index in [9.17, 15) is 0 Å². The first kappa shape index (κ1) is 17.4. The van der Waals surface area contributed by atoms with E-state index in [4.69, 9.17) is 15.2 Å². The molecule has 0 aromatic carbocycles. The van der Waals surface area contributed by atoms with Crippen molar-refractivity contribution < 1.29 is 9.47 Å². The molecule has 3 aromatic heterocycles. The van der Waals surface area contributed by atoms with Gasteiger partial charge in [-0.1, -0.05) is 0 Å². The molecule has 2 fully saturated rings. The molecule has 0 unspecified atom stereocenters. The molecule has 2 aliphatic rings. The Hall–Kier alpha value is -2.71. The van der Waals surface area contributed by atoms with E-state index in [0.717, 1.165) is 55.7 Å². The first-order valence-electron chi connectivity index (χ1n) is 9.76. The summed E-state index contributed by atoms with van der Waals surface area (Å²) in [5.74, 6) is 1.89. The number of imidazole rings is 1. The number of piperidine rings is 1. The highest BCUT2D eigenvalue weighted by atomic mass is 16.5. The van der Waals surface area contributed by atoms with Crippen LogP contribution in [-0.2, 0) is 4.74 Å². The zero-order valence-electron chi connectivity index (χ0n) is 15.7. The van der Waals surface area contributed by atoms with E-state index in [2.05, 4.69) is 19.9 Å². The molecule has 2 saturated heterocycles. The SMILES string of the molecule is Nc1cc(-c2cnc3cc(OCC4CCN(C5COC5)CC4)ccn23)ncn1. The lowest BCUT2D eigenvalue weighted by Crippen LogP contribution is -2.52. The highest BCUT2D eigenvalue weighted by molar-refractivity contribution is 5.62. The van der Waals surface area contributed by atoms with E-state index < -0.39 is 0 Å². The van der Waals surface area contributed by atoms with Crippen molar-refractivity contribution in [3.8, 4) is 17.1 Å².